The molecular weight excluding hydrogens is 809 g/mol. The summed E-state index contributed by atoms with van der Waals surface area (Å²) in [6, 6.07) is 64.1. The molecule has 328 valence electrons. The lowest BCUT2D eigenvalue weighted by Gasteiger charge is -2.22. The number of allylic oxidation sites excluding steroid dienone is 10. The van der Waals surface area contributed by atoms with Gasteiger partial charge in [0.2, 0.25) is 0 Å². The van der Waals surface area contributed by atoms with E-state index in [-0.39, 0.29) is 5.92 Å². The van der Waals surface area contributed by atoms with Crippen molar-refractivity contribution in [2.24, 2.45) is 16.6 Å². The molecule has 67 heavy (non-hydrogen) atoms. The third-order valence-corrected chi connectivity index (χ3v) is 13.6. The summed E-state index contributed by atoms with van der Waals surface area (Å²) in [5.41, 5.74) is 28.1. The first-order chi connectivity index (χ1) is 33.2. The van der Waals surface area contributed by atoms with Crippen molar-refractivity contribution >= 4 is 16.9 Å². The molecule has 2 N–H and O–H groups in total. The SMILES string of the molecule is N/C(=C\C(=N/CC1=CCCCC1)c1cccc(-c2ccccc2-c2ccccc2C2=CCC=CC=C2c2ccccc2-c2ccccc2-c2ccccc2-c2ccccc2)c1)C1C=CCCC1. The van der Waals surface area contributed by atoms with E-state index >= 15 is 0 Å². The van der Waals surface area contributed by atoms with E-state index in [0.29, 0.717) is 6.54 Å². The number of nitrogens with two attached hydrogens (primary N) is 1. The summed E-state index contributed by atoms with van der Waals surface area (Å²) >= 11 is 0. The number of aliphatic imine (C=N–C) groups is 1. The highest BCUT2D eigenvalue weighted by Gasteiger charge is 2.22. The molecule has 0 fully saturated rings. The quantitative estimate of drug-likeness (QED) is 0.0964. The van der Waals surface area contributed by atoms with Gasteiger partial charge in [0, 0.05) is 17.2 Å². The van der Waals surface area contributed by atoms with Gasteiger partial charge < -0.3 is 5.73 Å². The van der Waals surface area contributed by atoms with Crippen LogP contribution in [0.25, 0.3) is 66.8 Å². The maximum absolute atomic E-state index is 6.90. The van der Waals surface area contributed by atoms with Crippen LogP contribution in [-0.2, 0) is 0 Å². The zero-order chi connectivity index (χ0) is 45.2. The zero-order valence-electron chi connectivity index (χ0n) is 38.3. The molecule has 0 spiro atoms. The van der Waals surface area contributed by atoms with Crippen LogP contribution in [0.5, 0.6) is 0 Å². The summed E-state index contributed by atoms with van der Waals surface area (Å²) in [5.74, 6) is 0.249. The van der Waals surface area contributed by atoms with Crippen LogP contribution in [0.1, 0.15) is 68.1 Å². The second-order valence-corrected chi connectivity index (χ2v) is 18.0. The third kappa shape index (κ3) is 9.72. The van der Waals surface area contributed by atoms with E-state index < -0.39 is 0 Å². The maximum atomic E-state index is 6.90. The van der Waals surface area contributed by atoms with Gasteiger partial charge in [0.15, 0.2) is 0 Å². The Bertz CT molecular complexity index is 3110. The van der Waals surface area contributed by atoms with Crippen molar-refractivity contribution in [3.05, 3.63) is 252 Å². The fourth-order valence-electron chi connectivity index (χ4n) is 10.2. The lowest BCUT2D eigenvalue weighted by molar-refractivity contribution is 0.601. The van der Waals surface area contributed by atoms with Crippen LogP contribution in [0, 0.1) is 5.92 Å². The molecule has 10 rings (SSSR count). The van der Waals surface area contributed by atoms with Gasteiger partial charge in [-0.3, -0.25) is 4.99 Å². The van der Waals surface area contributed by atoms with Gasteiger partial charge in [-0.1, -0.05) is 218 Å². The summed E-state index contributed by atoms with van der Waals surface area (Å²) < 4.78 is 0. The predicted octanol–water partition coefficient (Wildman–Crippen LogP) is 16.9. The Morgan fingerprint density at radius 3 is 1.67 bits per heavy atom. The van der Waals surface area contributed by atoms with E-state index in [2.05, 4.69) is 225 Å². The molecule has 1 atom stereocenters. The Balaban J connectivity index is 1.05. The fraction of sp³-hybridized carbons (Fsp3) is 0.154. The Hall–Kier alpha value is -7.55. The van der Waals surface area contributed by atoms with Gasteiger partial charge in [0.25, 0.3) is 0 Å². The van der Waals surface area contributed by atoms with Crippen molar-refractivity contribution in [1.29, 1.82) is 0 Å². The molecule has 0 aromatic heterocycles. The molecular formula is C65H58N2. The minimum Gasteiger partial charge on any atom is -0.401 e. The van der Waals surface area contributed by atoms with Gasteiger partial charge in [-0.2, -0.15) is 0 Å². The average molecular weight is 867 g/mol. The number of hydrogen-bond donors (Lipinski definition) is 1. The minimum atomic E-state index is 0.249. The molecule has 0 aliphatic heterocycles. The van der Waals surface area contributed by atoms with Gasteiger partial charge in [-0.15, -0.1) is 0 Å². The Kier molecular flexibility index (Phi) is 13.4. The average Bonchev–Trinajstić information content (AvgIpc) is 3.67. The van der Waals surface area contributed by atoms with Crippen LogP contribution in [0.2, 0.25) is 0 Å². The molecule has 3 aliphatic rings. The van der Waals surface area contributed by atoms with Gasteiger partial charge in [-0.25, -0.2) is 0 Å². The second kappa shape index (κ2) is 20.7. The largest absolute Gasteiger partial charge is 0.401 e. The van der Waals surface area contributed by atoms with Crippen LogP contribution in [-0.4, -0.2) is 12.3 Å². The first-order valence-electron chi connectivity index (χ1n) is 24.3. The molecule has 0 saturated carbocycles. The van der Waals surface area contributed by atoms with E-state index in [9.17, 15) is 0 Å². The topological polar surface area (TPSA) is 38.4 Å². The fourth-order valence-corrected chi connectivity index (χ4v) is 10.2. The second-order valence-electron chi connectivity index (χ2n) is 18.0. The monoisotopic (exact) mass is 866 g/mol. The molecule has 0 bridgehead atoms. The molecule has 2 heteroatoms. The number of nitrogens with zero attached hydrogens (tertiary/aromatic N) is 1. The minimum absolute atomic E-state index is 0.249. The maximum Gasteiger partial charge on any atom is 0.0668 e. The van der Waals surface area contributed by atoms with Crippen molar-refractivity contribution in [3.63, 3.8) is 0 Å². The molecule has 3 aliphatic carbocycles. The van der Waals surface area contributed by atoms with Gasteiger partial charge in [0.05, 0.1) is 12.3 Å². The van der Waals surface area contributed by atoms with Crippen LogP contribution in [0.4, 0.5) is 0 Å². The molecule has 0 heterocycles. The van der Waals surface area contributed by atoms with E-state index in [1.54, 1.807) is 0 Å². The highest BCUT2D eigenvalue weighted by molar-refractivity contribution is 6.13. The zero-order valence-corrected chi connectivity index (χ0v) is 38.3. The number of benzene rings is 7. The smallest absolute Gasteiger partial charge is 0.0668 e. The van der Waals surface area contributed by atoms with E-state index in [1.165, 1.54) is 90.8 Å². The summed E-state index contributed by atoms with van der Waals surface area (Å²) in [6.07, 6.45) is 27.3. The van der Waals surface area contributed by atoms with Crippen molar-refractivity contribution in [2.45, 2.75) is 51.4 Å². The lowest BCUT2D eigenvalue weighted by atomic mass is 9.82. The first kappa shape index (κ1) is 43.3. The normalized spacial score (nSPS) is 16.5. The summed E-state index contributed by atoms with van der Waals surface area (Å²) in [6.45, 7) is 0.712. The Morgan fingerprint density at radius 2 is 1.06 bits per heavy atom. The predicted molar refractivity (Wildman–Crippen MR) is 286 cm³/mol. The Morgan fingerprint density at radius 1 is 0.507 bits per heavy atom. The van der Waals surface area contributed by atoms with Crippen molar-refractivity contribution < 1.29 is 0 Å². The standard InChI is InChI=1S/C65H58N2/c66-64(49-28-9-3-10-29-49)45-65(67-46-47-24-5-1-6-25-47)51-31-23-30-50(44-51)53-33-14-16-37-55(53)57-39-18-20-41-61(57)58-34-11-4-12-35-59(58)62-42-21-22-43-63(62)60-40-19-17-38-56(60)54-36-15-13-32-52(54)48-26-7-2-8-27-48/h2,4,7-9,12-24,26-28,30-45,49H,1,3,5-6,10-11,25,29,46,66H2/b64-45-,67-65+. The van der Waals surface area contributed by atoms with E-state index in [4.69, 9.17) is 10.7 Å². The van der Waals surface area contributed by atoms with Crippen LogP contribution < -0.4 is 5.73 Å². The van der Waals surface area contributed by atoms with Gasteiger partial charge >= 0.3 is 0 Å². The molecule has 7 aromatic rings. The summed E-state index contributed by atoms with van der Waals surface area (Å²) in [5, 5.41) is 0. The van der Waals surface area contributed by atoms with E-state index in [0.717, 1.165) is 61.1 Å². The Labute approximate surface area is 397 Å². The van der Waals surface area contributed by atoms with Crippen LogP contribution in [0.3, 0.4) is 0 Å². The van der Waals surface area contributed by atoms with Crippen molar-refractivity contribution in [3.8, 4) is 55.6 Å². The molecule has 7 aromatic carbocycles. The molecule has 0 amide bonds. The summed E-state index contributed by atoms with van der Waals surface area (Å²) in [7, 11) is 0. The van der Waals surface area contributed by atoms with Crippen LogP contribution >= 0.6 is 0 Å². The van der Waals surface area contributed by atoms with Crippen LogP contribution in [0.15, 0.2) is 241 Å². The first-order valence-corrected chi connectivity index (χ1v) is 24.3. The van der Waals surface area contributed by atoms with Gasteiger partial charge in [-0.05, 0) is 141 Å². The lowest BCUT2D eigenvalue weighted by Crippen LogP contribution is -2.14. The molecule has 1 unspecified atom stereocenters. The van der Waals surface area contributed by atoms with Crippen molar-refractivity contribution in [2.75, 3.05) is 6.54 Å². The third-order valence-electron chi connectivity index (χ3n) is 13.6. The van der Waals surface area contributed by atoms with Crippen molar-refractivity contribution in [1.82, 2.24) is 0 Å². The highest BCUT2D eigenvalue weighted by Crippen LogP contribution is 2.46. The van der Waals surface area contributed by atoms with Gasteiger partial charge in [0.1, 0.15) is 0 Å². The number of rotatable bonds is 12. The molecule has 0 saturated heterocycles. The summed E-state index contributed by atoms with van der Waals surface area (Å²) in [4.78, 5) is 5.31. The molecule has 0 radical (unpaired) electrons. The number of hydrogen-bond acceptors (Lipinski definition) is 2. The highest BCUT2D eigenvalue weighted by atomic mass is 14.7. The molecule has 2 nitrogen and oxygen atoms in total. The van der Waals surface area contributed by atoms with E-state index in [1.807, 2.05) is 0 Å².